The molecular formula is C22H31ClN2O7. The van der Waals surface area contributed by atoms with Crippen molar-refractivity contribution < 1.29 is 33.4 Å². The molecule has 3 N–H and O–H groups in total. The van der Waals surface area contributed by atoms with Gasteiger partial charge in [0.15, 0.2) is 5.60 Å². The Morgan fingerprint density at radius 1 is 1.09 bits per heavy atom. The maximum atomic E-state index is 12.4. The van der Waals surface area contributed by atoms with Crippen LogP contribution in [0.4, 0.5) is 4.79 Å². The Morgan fingerprint density at radius 2 is 1.72 bits per heavy atom. The number of nitrogens with two attached hydrogens (primary N) is 1. The number of halogens is 1. The van der Waals surface area contributed by atoms with Gasteiger partial charge in [0.1, 0.15) is 6.10 Å². The molecule has 1 amide bonds. The second-order valence-corrected chi connectivity index (χ2v) is 8.62. The highest BCUT2D eigenvalue weighted by Crippen LogP contribution is 2.28. The van der Waals surface area contributed by atoms with E-state index in [4.69, 9.17) is 36.4 Å². The first-order valence-corrected chi connectivity index (χ1v) is 11.0. The normalized spacial score (nSPS) is 16.5. The summed E-state index contributed by atoms with van der Waals surface area (Å²) in [6.07, 6.45) is 2.61. The molecule has 1 aliphatic rings. The number of esters is 1. The van der Waals surface area contributed by atoms with Crippen LogP contribution >= 0.6 is 11.6 Å². The van der Waals surface area contributed by atoms with Gasteiger partial charge in [-0.25, -0.2) is 15.1 Å². The second-order valence-electron chi connectivity index (χ2n) is 8.18. The fourth-order valence-electron chi connectivity index (χ4n) is 3.32. The molecular weight excluding hydrogens is 440 g/mol. The summed E-state index contributed by atoms with van der Waals surface area (Å²) in [6, 6.07) is 6.13. The maximum absolute atomic E-state index is 12.4. The highest BCUT2D eigenvalue weighted by molar-refractivity contribution is 6.30. The van der Waals surface area contributed by atoms with E-state index in [2.05, 4.69) is 5.48 Å². The fourth-order valence-corrected chi connectivity index (χ4v) is 3.45. The number of carbonyl (C=O) groups is 3. The van der Waals surface area contributed by atoms with E-state index < -0.39 is 36.0 Å². The molecule has 178 valence electrons. The Kier molecular flexibility index (Phi) is 9.74. The average Bonchev–Trinajstić information content (AvgIpc) is 2.76. The minimum Gasteiger partial charge on any atom is -0.429 e. The standard InChI is InChI=1S/C22H31ClN2O7/c1-14(30-21(28)31-18(13-24)15-7-5-4-6-8-15)29-20(27)22(2,3)32-25-19(26)16-9-11-17(23)12-10-16/h9-12,14-15,18H,4-8,13,24H2,1-3H3,(H,25,26). The van der Waals surface area contributed by atoms with E-state index in [9.17, 15) is 14.4 Å². The largest absolute Gasteiger partial charge is 0.511 e. The molecule has 2 rings (SSSR count). The SMILES string of the molecule is CC(OC(=O)OC(CN)C1CCCCC1)OC(=O)C(C)(C)ONC(=O)c1ccc(Cl)cc1. The molecule has 0 saturated heterocycles. The molecule has 10 heteroatoms. The Bertz CT molecular complexity index is 779. The van der Waals surface area contributed by atoms with Gasteiger partial charge >= 0.3 is 12.1 Å². The molecule has 0 aromatic heterocycles. The van der Waals surface area contributed by atoms with Crippen LogP contribution in [0.3, 0.4) is 0 Å². The van der Waals surface area contributed by atoms with Gasteiger partial charge in [0, 0.05) is 24.1 Å². The number of benzene rings is 1. The van der Waals surface area contributed by atoms with Crippen molar-refractivity contribution in [2.24, 2.45) is 11.7 Å². The first-order chi connectivity index (χ1) is 15.1. The van der Waals surface area contributed by atoms with Gasteiger partial charge in [0.05, 0.1) is 0 Å². The molecule has 0 bridgehead atoms. The molecule has 1 aromatic rings. The quantitative estimate of drug-likeness (QED) is 0.317. The van der Waals surface area contributed by atoms with E-state index in [1.807, 2.05) is 0 Å². The summed E-state index contributed by atoms with van der Waals surface area (Å²) in [6.45, 7) is 4.37. The molecule has 0 radical (unpaired) electrons. The van der Waals surface area contributed by atoms with E-state index in [1.54, 1.807) is 12.1 Å². The van der Waals surface area contributed by atoms with Crippen molar-refractivity contribution in [2.75, 3.05) is 6.54 Å². The van der Waals surface area contributed by atoms with Gasteiger partial charge in [-0.15, -0.1) is 0 Å². The van der Waals surface area contributed by atoms with Crippen LogP contribution < -0.4 is 11.2 Å². The maximum Gasteiger partial charge on any atom is 0.511 e. The van der Waals surface area contributed by atoms with Crippen LogP contribution in [0.25, 0.3) is 0 Å². The molecule has 9 nitrogen and oxygen atoms in total. The molecule has 0 heterocycles. The zero-order chi connectivity index (χ0) is 23.7. The minimum atomic E-state index is -1.55. The molecule has 2 unspecified atom stereocenters. The van der Waals surface area contributed by atoms with Crippen molar-refractivity contribution in [2.45, 2.75) is 70.9 Å². The molecule has 0 aliphatic heterocycles. The predicted molar refractivity (Wildman–Crippen MR) is 117 cm³/mol. The van der Waals surface area contributed by atoms with E-state index in [1.165, 1.54) is 39.3 Å². The van der Waals surface area contributed by atoms with Crippen LogP contribution in [0, 0.1) is 5.92 Å². The van der Waals surface area contributed by atoms with Crippen molar-refractivity contribution in [1.29, 1.82) is 0 Å². The molecule has 2 atom stereocenters. The summed E-state index contributed by atoms with van der Waals surface area (Å²) < 4.78 is 15.5. The summed E-state index contributed by atoms with van der Waals surface area (Å²) in [5.41, 5.74) is 6.69. The van der Waals surface area contributed by atoms with Crippen LogP contribution in [0.5, 0.6) is 0 Å². The Hall–Kier alpha value is -2.36. The van der Waals surface area contributed by atoms with E-state index in [0.717, 1.165) is 25.7 Å². The lowest BCUT2D eigenvalue weighted by atomic mass is 9.85. The topological polar surface area (TPSA) is 126 Å². The lowest BCUT2D eigenvalue weighted by Gasteiger charge is -2.29. The van der Waals surface area contributed by atoms with Gasteiger partial charge in [0.25, 0.3) is 5.91 Å². The zero-order valence-corrected chi connectivity index (χ0v) is 19.4. The van der Waals surface area contributed by atoms with Gasteiger partial charge < -0.3 is 19.9 Å². The number of carbonyl (C=O) groups excluding carboxylic acids is 3. The van der Waals surface area contributed by atoms with Crippen LogP contribution in [0.1, 0.15) is 63.2 Å². The van der Waals surface area contributed by atoms with Crippen molar-refractivity contribution in [3.05, 3.63) is 34.9 Å². The van der Waals surface area contributed by atoms with E-state index in [0.29, 0.717) is 10.6 Å². The number of hydrogen-bond acceptors (Lipinski definition) is 8. The van der Waals surface area contributed by atoms with E-state index >= 15 is 0 Å². The van der Waals surface area contributed by atoms with Gasteiger partial charge in [0.2, 0.25) is 6.29 Å². The first-order valence-electron chi connectivity index (χ1n) is 10.6. The monoisotopic (exact) mass is 470 g/mol. The molecule has 1 aliphatic carbocycles. The number of amides is 1. The lowest BCUT2D eigenvalue weighted by Crippen LogP contribution is -2.44. The summed E-state index contributed by atoms with van der Waals surface area (Å²) >= 11 is 5.79. The van der Waals surface area contributed by atoms with Gasteiger partial charge in [-0.1, -0.05) is 30.9 Å². The Balaban J connectivity index is 1.79. The van der Waals surface area contributed by atoms with Crippen LogP contribution in [-0.4, -0.2) is 42.6 Å². The molecule has 1 saturated carbocycles. The first kappa shape index (κ1) is 25.9. The molecule has 1 fully saturated rings. The van der Waals surface area contributed by atoms with Crippen LogP contribution in [0.15, 0.2) is 24.3 Å². The summed E-state index contributed by atoms with van der Waals surface area (Å²) in [5, 5.41) is 0.482. The number of hydrogen-bond donors (Lipinski definition) is 2. The lowest BCUT2D eigenvalue weighted by molar-refractivity contribution is -0.196. The summed E-state index contributed by atoms with van der Waals surface area (Å²) in [5.74, 6) is -1.21. The van der Waals surface area contributed by atoms with Gasteiger partial charge in [-0.3, -0.25) is 9.63 Å². The molecule has 1 aromatic carbocycles. The third-order valence-corrected chi connectivity index (χ3v) is 5.44. The van der Waals surface area contributed by atoms with Crippen molar-refractivity contribution in [3.8, 4) is 0 Å². The van der Waals surface area contributed by atoms with Crippen molar-refractivity contribution in [3.63, 3.8) is 0 Å². The van der Waals surface area contributed by atoms with Gasteiger partial charge in [-0.05, 0) is 56.9 Å². The van der Waals surface area contributed by atoms with Crippen LogP contribution in [0.2, 0.25) is 5.02 Å². The Labute approximate surface area is 192 Å². The average molecular weight is 471 g/mol. The molecule has 0 spiro atoms. The second kappa shape index (κ2) is 12.0. The highest BCUT2D eigenvalue weighted by atomic mass is 35.5. The highest BCUT2D eigenvalue weighted by Gasteiger charge is 2.35. The number of nitrogens with one attached hydrogen (secondary N) is 1. The fraction of sp³-hybridized carbons (Fsp3) is 0.591. The van der Waals surface area contributed by atoms with Gasteiger partial charge in [-0.2, -0.15) is 0 Å². The van der Waals surface area contributed by atoms with Crippen LogP contribution in [-0.2, 0) is 23.8 Å². The summed E-state index contributed by atoms with van der Waals surface area (Å²) in [4.78, 5) is 41.8. The summed E-state index contributed by atoms with van der Waals surface area (Å²) in [7, 11) is 0. The van der Waals surface area contributed by atoms with Crippen molar-refractivity contribution >= 4 is 29.6 Å². The predicted octanol–water partition coefficient (Wildman–Crippen LogP) is 3.73. The minimum absolute atomic E-state index is 0.197. The third kappa shape index (κ3) is 7.96. The molecule has 32 heavy (non-hydrogen) atoms. The number of rotatable bonds is 9. The van der Waals surface area contributed by atoms with E-state index in [-0.39, 0.29) is 12.5 Å². The third-order valence-electron chi connectivity index (χ3n) is 5.19. The smallest absolute Gasteiger partial charge is 0.429 e. The van der Waals surface area contributed by atoms with Crippen molar-refractivity contribution in [1.82, 2.24) is 5.48 Å². The Morgan fingerprint density at radius 3 is 2.31 bits per heavy atom. The zero-order valence-electron chi connectivity index (χ0n) is 18.6. The number of hydroxylamine groups is 1. The number of ether oxygens (including phenoxy) is 3.